The zero-order valence-corrected chi connectivity index (χ0v) is 16.9. The number of methoxy groups -OCH3 is 1. The van der Waals surface area contributed by atoms with E-state index in [1.54, 1.807) is 7.11 Å². The van der Waals surface area contributed by atoms with Crippen LogP contribution >= 0.6 is 12.4 Å². The molecule has 0 saturated heterocycles. The number of nitrogens with one attached hydrogen (secondary N) is 2. The van der Waals surface area contributed by atoms with Crippen LogP contribution in [0.25, 0.3) is 5.69 Å². The van der Waals surface area contributed by atoms with Crippen LogP contribution in [0.4, 0.5) is 0 Å². The van der Waals surface area contributed by atoms with E-state index in [-0.39, 0.29) is 18.3 Å². The summed E-state index contributed by atoms with van der Waals surface area (Å²) < 4.78 is 6.94. The standard InChI is InChI=1S/C20H28N4O2.ClH/c1-3-15-7-9-16(10-8-15)24-18-6-4-5-17(18)19(23-24)20(25)22-12-11-21-13-14-26-2;/h7-10,21H,3-6,11-14H2,1-2H3,(H,22,25);1H. The van der Waals surface area contributed by atoms with Gasteiger partial charge in [0.25, 0.3) is 5.91 Å². The molecule has 7 heteroatoms. The Labute approximate surface area is 167 Å². The number of hydrogen-bond donors (Lipinski definition) is 2. The number of carbonyl (C=O) groups excluding carboxylic acids is 1. The Hall–Kier alpha value is -1.89. The summed E-state index contributed by atoms with van der Waals surface area (Å²) in [4.78, 5) is 12.6. The van der Waals surface area contributed by atoms with Crippen molar-refractivity contribution in [1.29, 1.82) is 0 Å². The van der Waals surface area contributed by atoms with Crippen molar-refractivity contribution in [3.05, 3.63) is 46.8 Å². The first-order valence-corrected chi connectivity index (χ1v) is 9.42. The Kier molecular flexibility index (Phi) is 8.28. The maximum Gasteiger partial charge on any atom is 0.272 e. The number of nitrogens with zero attached hydrogens (tertiary/aromatic N) is 2. The number of ether oxygens (including phenoxy) is 1. The minimum absolute atomic E-state index is 0. The van der Waals surface area contributed by atoms with Gasteiger partial charge in [-0.1, -0.05) is 19.1 Å². The summed E-state index contributed by atoms with van der Waals surface area (Å²) in [6, 6.07) is 8.44. The number of benzene rings is 1. The van der Waals surface area contributed by atoms with Crippen LogP contribution in [0.2, 0.25) is 0 Å². The highest BCUT2D eigenvalue weighted by Gasteiger charge is 2.26. The highest BCUT2D eigenvalue weighted by Crippen LogP contribution is 2.27. The lowest BCUT2D eigenvalue weighted by Crippen LogP contribution is -2.33. The molecule has 0 unspecified atom stereocenters. The fraction of sp³-hybridized carbons (Fsp3) is 0.500. The molecule has 148 valence electrons. The molecule has 1 heterocycles. The maximum atomic E-state index is 12.6. The summed E-state index contributed by atoms with van der Waals surface area (Å²) in [5.74, 6) is -0.0828. The molecule has 0 fully saturated rings. The Morgan fingerprint density at radius 2 is 1.96 bits per heavy atom. The SMILES string of the molecule is CCc1ccc(-n2nc(C(=O)NCCNCCOC)c3c2CCC3)cc1.Cl. The number of amides is 1. The number of halogens is 1. The van der Waals surface area contributed by atoms with E-state index in [4.69, 9.17) is 4.74 Å². The smallest absolute Gasteiger partial charge is 0.272 e. The fourth-order valence-corrected chi connectivity index (χ4v) is 3.35. The molecule has 0 spiro atoms. The number of hydrogen-bond acceptors (Lipinski definition) is 4. The van der Waals surface area contributed by atoms with Gasteiger partial charge in [-0.3, -0.25) is 4.79 Å². The van der Waals surface area contributed by atoms with E-state index < -0.39 is 0 Å². The van der Waals surface area contributed by atoms with Crippen molar-refractivity contribution >= 4 is 18.3 Å². The van der Waals surface area contributed by atoms with Gasteiger partial charge in [0.1, 0.15) is 0 Å². The van der Waals surface area contributed by atoms with E-state index in [1.807, 2.05) is 4.68 Å². The van der Waals surface area contributed by atoms with E-state index >= 15 is 0 Å². The topological polar surface area (TPSA) is 68.2 Å². The van der Waals surface area contributed by atoms with Crippen LogP contribution in [0.1, 0.15) is 40.7 Å². The average Bonchev–Trinajstić information content (AvgIpc) is 3.27. The predicted molar refractivity (Wildman–Crippen MR) is 109 cm³/mol. The first-order chi connectivity index (χ1) is 12.7. The van der Waals surface area contributed by atoms with Gasteiger partial charge >= 0.3 is 0 Å². The summed E-state index contributed by atoms with van der Waals surface area (Å²) in [5, 5.41) is 10.8. The van der Waals surface area contributed by atoms with Gasteiger partial charge in [0.15, 0.2) is 5.69 Å². The molecule has 6 nitrogen and oxygen atoms in total. The molecule has 0 saturated carbocycles. The summed E-state index contributed by atoms with van der Waals surface area (Å²) in [5.41, 5.74) is 5.19. The third kappa shape index (κ3) is 5.09. The van der Waals surface area contributed by atoms with Gasteiger partial charge in [0.05, 0.1) is 12.3 Å². The van der Waals surface area contributed by atoms with Crippen molar-refractivity contribution in [3.8, 4) is 5.69 Å². The van der Waals surface area contributed by atoms with Crippen LogP contribution in [0.3, 0.4) is 0 Å². The van der Waals surface area contributed by atoms with Crippen LogP contribution < -0.4 is 10.6 Å². The minimum atomic E-state index is -0.0828. The maximum absolute atomic E-state index is 12.6. The van der Waals surface area contributed by atoms with Crippen LogP contribution in [0.5, 0.6) is 0 Å². The molecule has 1 aromatic heterocycles. The second kappa shape index (κ2) is 10.4. The number of aryl methyl sites for hydroxylation is 1. The molecular formula is C20H29ClN4O2. The van der Waals surface area contributed by atoms with Gasteiger partial charge in [-0.15, -0.1) is 12.4 Å². The monoisotopic (exact) mass is 392 g/mol. The summed E-state index contributed by atoms with van der Waals surface area (Å²) in [6.45, 7) is 4.89. The van der Waals surface area contributed by atoms with Crippen LogP contribution in [-0.4, -0.2) is 49.0 Å². The number of carbonyl (C=O) groups is 1. The van der Waals surface area contributed by atoms with Gasteiger partial charge in [0.2, 0.25) is 0 Å². The first-order valence-electron chi connectivity index (χ1n) is 9.42. The highest BCUT2D eigenvalue weighted by atomic mass is 35.5. The van der Waals surface area contributed by atoms with Gasteiger partial charge in [0, 0.05) is 38.0 Å². The van der Waals surface area contributed by atoms with Crippen molar-refractivity contribution < 1.29 is 9.53 Å². The summed E-state index contributed by atoms with van der Waals surface area (Å²) >= 11 is 0. The Morgan fingerprint density at radius 3 is 2.67 bits per heavy atom. The van der Waals surface area contributed by atoms with Crippen LogP contribution in [-0.2, 0) is 24.0 Å². The molecule has 0 atom stereocenters. The van der Waals surface area contributed by atoms with E-state index in [0.717, 1.165) is 50.0 Å². The fourth-order valence-electron chi connectivity index (χ4n) is 3.35. The molecule has 1 amide bonds. The van der Waals surface area contributed by atoms with Gasteiger partial charge in [-0.05, 0) is 43.4 Å². The predicted octanol–water partition coefficient (Wildman–Crippen LogP) is 2.31. The van der Waals surface area contributed by atoms with Crippen molar-refractivity contribution in [2.45, 2.75) is 32.6 Å². The Bertz CT molecular complexity index is 743. The third-order valence-electron chi connectivity index (χ3n) is 4.80. The second-order valence-corrected chi connectivity index (χ2v) is 6.56. The second-order valence-electron chi connectivity index (χ2n) is 6.56. The molecule has 27 heavy (non-hydrogen) atoms. The number of fused-ring (bicyclic) bond motifs is 1. The zero-order valence-electron chi connectivity index (χ0n) is 16.1. The van der Waals surface area contributed by atoms with Gasteiger partial charge < -0.3 is 15.4 Å². The van der Waals surface area contributed by atoms with E-state index in [2.05, 4.69) is 46.9 Å². The van der Waals surface area contributed by atoms with E-state index in [0.29, 0.717) is 18.8 Å². The summed E-state index contributed by atoms with van der Waals surface area (Å²) in [7, 11) is 1.68. The van der Waals surface area contributed by atoms with Crippen LogP contribution in [0.15, 0.2) is 24.3 Å². The molecule has 1 aromatic carbocycles. The van der Waals surface area contributed by atoms with Crippen molar-refractivity contribution in [2.75, 3.05) is 33.4 Å². The van der Waals surface area contributed by atoms with Crippen LogP contribution in [0, 0.1) is 0 Å². The lowest BCUT2D eigenvalue weighted by molar-refractivity contribution is 0.0947. The molecule has 2 N–H and O–H groups in total. The molecule has 0 bridgehead atoms. The number of aromatic nitrogens is 2. The Morgan fingerprint density at radius 1 is 1.19 bits per heavy atom. The lowest BCUT2D eigenvalue weighted by atomic mass is 10.1. The first kappa shape index (κ1) is 21.4. The highest BCUT2D eigenvalue weighted by molar-refractivity contribution is 5.94. The van der Waals surface area contributed by atoms with Crippen molar-refractivity contribution in [2.24, 2.45) is 0 Å². The average molecular weight is 393 g/mol. The molecule has 1 aliphatic rings. The number of rotatable bonds is 9. The Balaban J connectivity index is 0.00000261. The summed E-state index contributed by atoms with van der Waals surface area (Å²) in [6.07, 6.45) is 4.00. The quantitative estimate of drug-likeness (QED) is 0.642. The molecular weight excluding hydrogens is 364 g/mol. The van der Waals surface area contributed by atoms with Gasteiger partial charge in [-0.2, -0.15) is 5.10 Å². The van der Waals surface area contributed by atoms with Gasteiger partial charge in [-0.25, -0.2) is 4.68 Å². The largest absolute Gasteiger partial charge is 0.383 e. The third-order valence-corrected chi connectivity index (χ3v) is 4.80. The zero-order chi connectivity index (χ0) is 18.4. The van der Waals surface area contributed by atoms with Crippen molar-refractivity contribution in [1.82, 2.24) is 20.4 Å². The lowest BCUT2D eigenvalue weighted by Gasteiger charge is -2.07. The molecule has 3 rings (SSSR count). The normalized spacial score (nSPS) is 12.5. The minimum Gasteiger partial charge on any atom is -0.383 e. The molecule has 0 aliphatic heterocycles. The van der Waals surface area contributed by atoms with E-state index in [9.17, 15) is 4.79 Å². The molecule has 2 aromatic rings. The molecule has 1 aliphatic carbocycles. The van der Waals surface area contributed by atoms with E-state index in [1.165, 1.54) is 11.3 Å². The molecule has 0 radical (unpaired) electrons. The van der Waals surface area contributed by atoms with Crippen molar-refractivity contribution in [3.63, 3.8) is 0 Å².